The van der Waals surface area contributed by atoms with Crippen LogP contribution < -0.4 is 10.1 Å². The van der Waals surface area contributed by atoms with Gasteiger partial charge in [0.15, 0.2) is 0 Å². The molecule has 0 saturated carbocycles. The van der Waals surface area contributed by atoms with Crippen molar-refractivity contribution >= 4 is 35.2 Å². The zero-order chi connectivity index (χ0) is 25.4. The molecule has 3 aromatic rings. The molecular weight excluding hydrogens is 464 g/mol. The van der Waals surface area contributed by atoms with Gasteiger partial charge in [0.05, 0.1) is 17.2 Å². The van der Waals surface area contributed by atoms with E-state index in [0.29, 0.717) is 34.2 Å². The fourth-order valence-electron chi connectivity index (χ4n) is 3.20. The van der Waals surface area contributed by atoms with Crippen LogP contribution in [0.3, 0.4) is 0 Å². The molecule has 1 N–H and O–H groups in total. The Labute approximate surface area is 209 Å². The Morgan fingerprint density at radius 3 is 2.40 bits per heavy atom. The summed E-state index contributed by atoms with van der Waals surface area (Å²) in [5.74, 6) is -0.518. The molecule has 0 aromatic heterocycles. The largest absolute Gasteiger partial charge is 0.487 e. The van der Waals surface area contributed by atoms with Crippen molar-refractivity contribution in [3.05, 3.63) is 99.1 Å². The Morgan fingerprint density at radius 1 is 1.03 bits per heavy atom. The molecule has 1 amide bonds. The Morgan fingerprint density at radius 2 is 1.77 bits per heavy atom. The summed E-state index contributed by atoms with van der Waals surface area (Å²) in [7, 11) is 0. The van der Waals surface area contributed by atoms with Gasteiger partial charge in [0.2, 0.25) is 0 Å². The molecule has 3 aromatic carbocycles. The number of esters is 1. The first-order valence-corrected chi connectivity index (χ1v) is 11.4. The number of hydrogen-bond donors (Lipinski definition) is 1. The van der Waals surface area contributed by atoms with E-state index >= 15 is 0 Å². The zero-order valence-corrected chi connectivity index (χ0v) is 20.5. The maximum atomic E-state index is 12.6. The fourth-order valence-corrected chi connectivity index (χ4v) is 3.44. The van der Waals surface area contributed by atoms with Crippen LogP contribution in [0.25, 0.3) is 6.08 Å². The van der Waals surface area contributed by atoms with Gasteiger partial charge in [-0.05, 0) is 85.5 Å². The molecule has 0 spiro atoms. The number of halogens is 1. The number of amides is 1. The molecule has 35 heavy (non-hydrogen) atoms. The topological polar surface area (TPSA) is 88.4 Å². The van der Waals surface area contributed by atoms with Crippen LogP contribution in [-0.2, 0) is 16.1 Å². The minimum atomic E-state index is -0.581. The predicted octanol–water partition coefficient (Wildman–Crippen LogP) is 6.26. The number of rotatable bonds is 8. The number of carbonyl (C=O) groups is 2. The highest BCUT2D eigenvalue weighted by atomic mass is 35.5. The van der Waals surface area contributed by atoms with Crippen molar-refractivity contribution in [3.63, 3.8) is 0 Å². The van der Waals surface area contributed by atoms with Crippen molar-refractivity contribution < 1.29 is 19.1 Å². The number of nitriles is 1. The molecule has 0 aliphatic heterocycles. The smallest absolute Gasteiger partial charge is 0.338 e. The molecular formula is C28H25ClN2O4. The molecule has 0 heterocycles. The van der Waals surface area contributed by atoms with Gasteiger partial charge in [0.25, 0.3) is 5.91 Å². The molecule has 0 atom stereocenters. The van der Waals surface area contributed by atoms with E-state index < -0.39 is 11.9 Å². The lowest BCUT2D eigenvalue weighted by Gasteiger charge is -2.10. The van der Waals surface area contributed by atoms with E-state index in [1.165, 1.54) is 17.2 Å². The number of aryl methyl sites for hydroxylation is 2. The summed E-state index contributed by atoms with van der Waals surface area (Å²) in [6.07, 6.45) is 1.45. The molecule has 0 radical (unpaired) electrons. The van der Waals surface area contributed by atoms with Gasteiger partial charge >= 0.3 is 5.97 Å². The second-order valence-electron chi connectivity index (χ2n) is 7.82. The minimum absolute atomic E-state index is 0.0978. The average molecular weight is 489 g/mol. The quantitative estimate of drug-likeness (QED) is 0.230. The first-order chi connectivity index (χ1) is 16.8. The number of ether oxygens (including phenoxy) is 2. The zero-order valence-electron chi connectivity index (χ0n) is 19.7. The van der Waals surface area contributed by atoms with Gasteiger partial charge < -0.3 is 14.8 Å². The molecule has 0 fully saturated rings. The molecule has 6 nitrogen and oxygen atoms in total. The third-order valence-corrected chi connectivity index (χ3v) is 5.55. The number of hydrogen-bond acceptors (Lipinski definition) is 5. The van der Waals surface area contributed by atoms with Gasteiger partial charge in [-0.2, -0.15) is 5.26 Å². The van der Waals surface area contributed by atoms with Gasteiger partial charge in [-0.1, -0.05) is 35.9 Å². The summed E-state index contributed by atoms with van der Waals surface area (Å²) < 4.78 is 10.8. The van der Waals surface area contributed by atoms with E-state index in [0.717, 1.165) is 5.56 Å². The van der Waals surface area contributed by atoms with Crippen LogP contribution in [-0.4, -0.2) is 18.5 Å². The van der Waals surface area contributed by atoms with Crippen LogP contribution >= 0.6 is 11.6 Å². The third-order valence-electron chi connectivity index (χ3n) is 5.25. The molecule has 0 bridgehead atoms. The molecule has 3 rings (SSSR count). The number of nitrogens with one attached hydrogen (secondary N) is 1. The van der Waals surface area contributed by atoms with Crippen LogP contribution in [0, 0.1) is 25.2 Å². The van der Waals surface area contributed by atoms with Gasteiger partial charge in [-0.3, -0.25) is 4.79 Å². The minimum Gasteiger partial charge on any atom is -0.487 e. The molecule has 7 heteroatoms. The average Bonchev–Trinajstić information content (AvgIpc) is 2.84. The lowest BCUT2D eigenvalue weighted by molar-refractivity contribution is -0.112. The van der Waals surface area contributed by atoms with Crippen LogP contribution in [0.5, 0.6) is 5.75 Å². The maximum absolute atomic E-state index is 12.6. The monoisotopic (exact) mass is 488 g/mol. The van der Waals surface area contributed by atoms with Gasteiger partial charge in [0, 0.05) is 5.69 Å². The first kappa shape index (κ1) is 25.5. The summed E-state index contributed by atoms with van der Waals surface area (Å²) in [4.78, 5) is 24.3. The van der Waals surface area contributed by atoms with Crippen molar-refractivity contribution in [3.8, 4) is 11.8 Å². The maximum Gasteiger partial charge on any atom is 0.338 e. The molecule has 0 aliphatic carbocycles. The van der Waals surface area contributed by atoms with Crippen molar-refractivity contribution in [2.24, 2.45) is 0 Å². The summed E-state index contributed by atoms with van der Waals surface area (Å²) in [5.41, 5.74) is 4.74. The highest BCUT2D eigenvalue weighted by Crippen LogP contribution is 2.27. The summed E-state index contributed by atoms with van der Waals surface area (Å²) in [6.45, 7) is 6.48. The van der Waals surface area contributed by atoms with Crippen LogP contribution in [0.1, 0.15) is 39.5 Å². The summed E-state index contributed by atoms with van der Waals surface area (Å²) in [6, 6.07) is 19.3. The Balaban J connectivity index is 1.67. The molecule has 0 saturated heterocycles. The Hall–Kier alpha value is -4.08. The van der Waals surface area contributed by atoms with Crippen molar-refractivity contribution in [2.75, 3.05) is 11.9 Å². The number of benzene rings is 3. The second kappa shape index (κ2) is 11.9. The lowest BCUT2D eigenvalue weighted by atomic mass is 10.1. The normalized spacial score (nSPS) is 10.9. The molecule has 178 valence electrons. The highest BCUT2D eigenvalue weighted by Gasteiger charge is 2.12. The second-order valence-corrected chi connectivity index (χ2v) is 8.23. The van der Waals surface area contributed by atoms with E-state index in [2.05, 4.69) is 18.3 Å². The highest BCUT2D eigenvalue weighted by molar-refractivity contribution is 6.32. The number of anilines is 1. The van der Waals surface area contributed by atoms with E-state index in [9.17, 15) is 14.9 Å². The van der Waals surface area contributed by atoms with Crippen molar-refractivity contribution in [1.29, 1.82) is 5.26 Å². The first-order valence-electron chi connectivity index (χ1n) is 11.0. The third kappa shape index (κ3) is 6.95. The SMILES string of the molecule is CCOC(=O)c1ccc(NC(=O)/C(C#N)=C/c2ccc(OCc3ccc(C)c(C)c3)c(Cl)c2)cc1. The Kier molecular flexibility index (Phi) is 8.66. The molecule has 0 unspecified atom stereocenters. The summed E-state index contributed by atoms with van der Waals surface area (Å²) >= 11 is 6.38. The van der Waals surface area contributed by atoms with Crippen LogP contribution in [0.4, 0.5) is 5.69 Å². The summed E-state index contributed by atoms with van der Waals surface area (Å²) in [5, 5.41) is 12.5. The van der Waals surface area contributed by atoms with Crippen molar-refractivity contribution in [1.82, 2.24) is 0 Å². The lowest BCUT2D eigenvalue weighted by Crippen LogP contribution is -2.13. The van der Waals surface area contributed by atoms with E-state index in [-0.39, 0.29) is 12.2 Å². The number of nitrogens with zero attached hydrogens (tertiary/aromatic N) is 1. The number of carbonyl (C=O) groups excluding carboxylic acids is 2. The van der Waals surface area contributed by atoms with Gasteiger partial charge in [-0.15, -0.1) is 0 Å². The Bertz CT molecular complexity index is 1310. The van der Waals surface area contributed by atoms with Crippen molar-refractivity contribution in [2.45, 2.75) is 27.4 Å². The van der Waals surface area contributed by atoms with Gasteiger partial charge in [0.1, 0.15) is 24.0 Å². The van der Waals surface area contributed by atoms with Crippen LogP contribution in [0.15, 0.2) is 66.2 Å². The van der Waals surface area contributed by atoms with E-state index in [1.54, 1.807) is 49.4 Å². The van der Waals surface area contributed by atoms with E-state index in [4.69, 9.17) is 21.1 Å². The van der Waals surface area contributed by atoms with Crippen LogP contribution in [0.2, 0.25) is 5.02 Å². The predicted molar refractivity (Wildman–Crippen MR) is 136 cm³/mol. The molecule has 0 aliphatic rings. The van der Waals surface area contributed by atoms with E-state index in [1.807, 2.05) is 25.1 Å². The fraction of sp³-hybridized carbons (Fsp3) is 0.179. The standard InChI is InChI=1S/C28H25ClN2O4/c1-4-34-28(33)22-8-10-24(11-9-22)31-27(32)23(16-30)14-20-7-12-26(25(29)15-20)35-17-21-6-5-18(2)19(3)13-21/h5-15H,4,17H2,1-3H3,(H,31,32)/b23-14+. The van der Waals surface area contributed by atoms with Gasteiger partial charge in [-0.25, -0.2) is 4.79 Å².